The fourth-order valence-corrected chi connectivity index (χ4v) is 2.05. The highest BCUT2D eigenvalue weighted by Crippen LogP contribution is 2.24. The Morgan fingerprint density at radius 1 is 1.18 bits per heavy atom. The van der Waals surface area contributed by atoms with Crippen molar-refractivity contribution in [2.75, 3.05) is 0 Å². The fourth-order valence-electron chi connectivity index (χ4n) is 1.40. The van der Waals surface area contributed by atoms with Gasteiger partial charge in [0, 0.05) is 6.54 Å². The molecule has 0 radical (unpaired) electrons. The van der Waals surface area contributed by atoms with Gasteiger partial charge in [-0.05, 0) is 40.1 Å². The third-order valence-electron chi connectivity index (χ3n) is 2.26. The molecule has 0 spiro atoms. The van der Waals surface area contributed by atoms with E-state index in [1.165, 1.54) is 23.5 Å². The zero-order valence-electron chi connectivity index (χ0n) is 8.95. The molecule has 0 fully saturated rings. The van der Waals surface area contributed by atoms with E-state index in [0.29, 0.717) is 5.56 Å². The molecule has 0 aliphatic carbocycles. The van der Waals surface area contributed by atoms with Crippen LogP contribution in [0.4, 0.5) is 8.78 Å². The van der Waals surface area contributed by atoms with Gasteiger partial charge in [0.1, 0.15) is 6.61 Å². The van der Waals surface area contributed by atoms with Crippen LogP contribution < -0.4 is 10.5 Å². The first-order valence-corrected chi connectivity index (χ1v) is 5.97. The Kier molecular flexibility index (Phi) is 3.71. The molecule has 90 valence electrons. The first-order valence-electron chi connectivity index (χ1n) is 5.02. The van der Waals surface area contributed by atoms with E-state index in [-0.39, 0.29) is 18.9 Å². The highest BCUT2D eigenvalue weighted by molar-refractivity contribution is 7.07. The lowest BCUT2D eigenvalue weighted by Gasteiger charge is -2.08. The van der Waals surface area contributed by atoms with Crippen molar-refractivity contribution in [1.82, 2.24) is 0 Å². The Morgan fingerprint density at radius 2 is 1.88 bits per heavy atom. The lowest BCUT2D eigenvalue weighted by atomic mass is 10.2. The van der Waals surface area contributed by atoms with Gasteiger partial charge in [-0.15, -0.1) is 0 Å². The second-order valence-corrected chi connectivity index (χ2v) is 4.29. The molecule has 0 unspecified atom stereocenters. The average Bonchev–Trinajstić information content (AvgIpc) is 2.80. The molecule has 0 amide bonds. The Labute approximate surface area is 102 Å². The Balaban J connectivity index is 2.15. The molecule has 0 aliphatic rings. The number of rotatable bonds is 4. The Morgan fingerprint density at radius 3 is 2.41 bits per heavy atom. The van der Waals surface area contributed by atoms with Gasteiger partial charge in [-0.2, -0.15) is 11.3 Å². The molecule has 0 saturated heterocycles. The number of thiophene rings is 1. The van der Waals surface area contributed by atoms with Crippen molar-refractivity contribution in [2.24, 2.45) is 5.73 Å². The Bertz CT molecular complexity index is 476. The van der Waals surface area contributed by atoms with Crippen LogP contribution in [0.2, 0.25) is 0 Å². The molecule has 1 heterocycles. The SMILES string of the molecule is NCc1cc(F)c(OCc2ccsc2)c(F)c1. The monoisotopic (exact) mass is 255 g/mol. The predicted octanol–water partition coefficient (Wildman–Crippen LogP) is 3.06. The molecular weight excluding hydrogens is 244 g/mol. The van der Waals surface area contributed by atoms with Gasteiger partial charge in [0.25, 0.3) is 0 Å². The van der Waals surface area contributed by atoms with E-state index in [1.54, 1.807) is 0 Å². The van der Waals surface area contributed by atoms with Crippen molar-refractivity contribution in [3.05, 3.63) is 51.7 Å². The van der Waals surface area contributed by atoms with Gasteiger partial charge in [-0.25, -0.2) is 8.78 Å². The predicted molar refractivity (Wildman–Crippen MR) is 62.9 cm³/mol. The molecule has 0 atom stereocenters. The topological polar surface area (TPSA) is 35.2 Å². The highest BCUT2D eigenvalue weighted by Gasteiger charge is 2.12. The fraction of sp³-hybridized carbons (Fsp3) is 0.167. The number of halogens is 2. The maximum atomic E-state index is 13.5. The van der Waals surface area contributed by atoms with Crippen LogP contribution in [-0.4, -0.2) is 0 Å². The summed E-state index contributed by atoms with van der Waals surface area (Å²) in [5, 5.41) is 3.74. The molecule has 2 N–H and O–H groups in total. The zero-order chi connectivity index (χ0) is 12.3. The van der Waals surface area contributed by atoms with E-state index in [4.69, 9.17) is 10.5 Å². The van der Waals surface area contributed by atoms with Crippen LogP contribution in [-0.2, 0) is 13.2 Å². The van der Waals surface area contributed by atoms with Crippen LogP contribution in [0.3, 0.4) is 0 Å². The first kappa shape index (κ1) is 12.0. The molecule has 5 heteroatoms. The summed E-state index contributed by atoms with van der Waals surface area (Å²) in [6.45, 7) is 0.248. The summed E-state index contributed by atoms with van der Waals surface area (Å²) in [6.07, 6.45) is 0. The van der Waals surface area contributed by atoms with Crippen LogP contribution in [0.1, 0.15) is 11.1 Å². The van der Waals surface area contributed by atoms with Gasteiger partial charge >= 0.3 is 0 Å². The van der Waals surface area contributed by atoms with Crippen molar-refractivity contribution in [1.29, 1.82) is 0 Å². The van der Waals surface area contributed by atoms with Crippen molar-refractivity contribution >= 4 is 11.3 Å². The minimum atomic E-state index is -0.722. The highest BCUT2D eigenvalue weighted by atomic mass is 32.1. The number of hydrogen-bond donors (Lipinski definition) is 1. The summed E-state index contributed by atoms with van der Waals surface area (Å²) in [4.78, 5) is 0. The molecule has 1 aromatic carbocycles. The lowest BCUT2D eigenvalue weighted by Crippen LogP contribution is -2.03. The molecule has 17 heavy (non-hydrogen) atoms. The number of hydrogen-bond acceptors (Lipinski definition) is 3. The molecule has 0 saturated carbocycles. The largest absolute Gasteiger partial charge is 0.483 e. The van der Waals surface area contributed by atoms with E-state index in [9.17, 15) is 8.78 Å². The standard InChI is InChI=1S/C12H11F2NOS/c13-10-3-9(5-15)4-11(14)12(10)16-6-8-1-2-17-7-8/h1-4,7H,5-6,15H2. The third-order valence-corrected chi connectivity index (χ3v) is 2.99. The van der Waals surface area contributed by atoms with Gasteiger partial charge in [-0.1, -0.05) is 0 Å². The molecule has 2 rings (SSSR count). The molecule has 0 aliphatic heterocycles. The Hall–Kier alpha value is -1.46. The van der Waals surface area contributed by atoms with Crippen molar-refractivity contribution in [3.8, 4) is 5.75 Å². The van der Waals surface area contributed by atoms with E-state index >= 15 is 0 Å². The van der Waals surface area contributed by atoms with Crippen LogP contribution in [0.5, 0.6) is 5.75 Å². The smallest absolute Gasteiger partial charge is 0.191 e. The van der Waals surface area contributed by atoms with Crippen molar-refractivity contribution < 1.29 is 13.5 Å². The quantitative estimate of drug-likeness (QED) is 0.911. The minimum absolute atomic E-state index is 0.0959. The summed E-state index contributed by atoms with van der Waals surface area (Å²) in [6, 6.07) is 4.22. The normalized spacial score (nSPS) is 10.5. The van der Waals surface area contributed by atoms with Crippen LogP contribution in [0.15, 0.2) is 29.0 Å². The zero-order valence-corrected chi connectivity index (χ0v) is 9.77. The van der Waals surface area contributed by atoms with Gasteiger partial charge in [0.05, 0.1) is 0 Å². The molecule has 1 aromatic heterocycles. The summed E-state index contributed by atoms with van der Waals surface area (Å²) < 4.78 is 32.1. The van der Waals surface area contributed by atoms with Crippen molar-refractivity contribution in [3.63, 3.8) is 0 Å². The first-order chi connectivity index (χ1) is 8.20. The summed E-state index contributed by atoms with van der Waals surface area (Å²) in [5.74, 6) is -1.80. The van der Waals surface area contributed by atoms with Gasteiger partial charge in [0.2, 0.25) is 0 Å². The van der Waals surface area contributed by atoms with Crippen LogP contribution in [0.25, 0.3) is 0 Å². The van der Waals surface area contributed by atoms with Gasteiger partial charge in [-0.3, -0.25) is 0 Å². The minimum Gasteiger partial charge on any atom is -0.483 e. The van der Waals surface area contributed by atoms with Crippen molar-refractivity contribution in [2.45, 2.75) is 13.2 Å². The number of nitrogens with two attached hydrogens (primary N) is 1. The number of benzene rings is 1. The maximum absolute atomic E-state index is 13.5. The maximum Gasteiger partial charge on any atom is 0.191 e. The van der Waals surface area contributed by atoms with Gasteiger partial charge < -0.3 is 10.5 Å². The molecular formula is C12H11F2NOS. The average molecular weight is 255 g/mol. The number of ether oxygens (including phenoxy) is 1. The van der Waals surface area contributed by atoms with Gasteiger partial charge in [0.15, 0.2) is 17.4 Å². The second-order valence-electron chi connectivity index (χ2n) is 3.51. The van der Waals surface area contributed by atoms with Crippen LogP contribution in [0, 0.1) is 11.6 Å². The van der Waals surface area contributed by atoms with E-state index < -0.39 is 11.6 Å². The van der Waals surface area contributed by atoms with E-state index in [2.05, 4.69) is 0 Å². The third kappa shape index (κ3) is 2.81. The second kappa shape index (κ2) is 5.25. The van der Waals surface area contributed by atoms with E-state index in [1.807, 2.05) is 16.8 Å². The van der Waals surface area contributed by atoms with E-state index in [0.717, 1.165) is 5.56 Å². The molecule has 2 aromatic rings. The lowest BCUT2D eigenvalue weighted by molar-refractivity contribution is 0.274. The molecule has 0 bridgehead atoms. The summed E-state index contributed by atoms with van der Waals surface area (Å²) >= 11 is 1.51. The summed E-state index contributed by atoms with van der Waals surface area (Å²) in [5.41, 5.74) is 6.61. The summed E-state index contributed by atoms with van der Waals surface area (Å²) in [7, 11) is 0. The molecule has 2 nitrogen and oxygen atoms in total. The van der Waals surface area contributed by atoms with Crippen LogP contribution >= 0.6 is 11.3 Å².